The van der Waals surface area contributed by atoms with Crippen molar-refractivity contribution in [2.45, 2.75) is 19.4 Å². The number of hydrogen-bond acceptors (Lipinski definition) is 4. The molecule has 4 heteroatoms. The van der Waals surface area contributed by atoms with Gasteiger partial charge in [0.1, 0.15) is 12.1 Å². The molecule has 0 bridgehead atoms. The Hall–Kier alpha value is -1.94. The van der Waals surface area contributed by atoms with E-state index in [0.717, 1.165) is 31.0 Å². The number of nitrogens with zero attached hydrogens (tertiary/aromatic N) is 2. The minimum absolute atomic E-state index is 0.110. The van der Waals surface area contributed by atoms with Gasteiger partial charge in [-0.15, -0.1) is 0 Å². The summed E-state index contributed by atoms with van der Waals surface area (Å²) in [5.41, 5.74) is 3.51. The Morgan fingerprint density at radius 2 is 2.32 bits per heavy atom. The topological polar surface area (TPSA) is 47.0 Å². The van der Waals surface area contributed by atoms with Gasteiger partial charge in [-0.05, 0) is 29.8 Å². The minimum atomic E-state index is 0.110. The van der Waals surface area contributed by atoms with Crippen molar-refractivity contribution in [1.82, 2.24) is 15.3 Å². The molecule has 98 valence electrons. The van der Waals surface area contributed by atoms with E-state index < -0.39 is 0 Å². The molecule has 1 atom stereocenters. The van der Waals surface area contributed by atoms with Gasteiger partial charge in [0.15, 0.2) is 0 Å². The third-order valence-electron chi connectivity index (χ3n) is 3.36. The third kappa shape index (κ3) is 2.44. The number of ether oxygens (including phenoxy) is 1. The Morgan fingerprint density at radius 1 is 1.37 bits per heavy atom. The van der Waals surface area contributed by atoms with E-state index in [0.29, 0.717) is 0 Å². The van der Waals surface area contributed by atoms with Crippen LogP contribution in [0.4, 0.5) is 0 Å². The first-order valence-electron chi connectivity index (χ1n) is 6.63. The summed E-state index contributed by atoms with van der Waals surface area (Å²) in [6.07, 6.45) is 4.37. The molecular formula is C15H17N3O. The second kappa shape index (κ2) is 5.36. The molecule has 0 saturated heterocycles. The van der Waals surface area contributed by atoms with Gasteiger partial charge in [0.25, 0.3) is 0 Å². The zero-order valence-electron chi connectivity index (χ0n) is 11.0. The van der Waals surface area contributed by atoms with Crippen molar-refractivity contribution in [2.75, 3.05) is 13.2 Å². The number of rotatable bonds is 4. The van der Waals surface area contributed by atoms with Gasteiger partial charge in [-0.1, -0.05) is 19.1 Å². The zero-order chi connectivity index (χ0) is 13.1. The van der Waals surface area contributed by atoms with E-state index in [1.807, 2.05) is 6.07 Å². The van der Waals surface area contributed by atoms with Crippen LogP contribution in [0, 0.1) is 0 Å². The van der Waals surface area contributed by atoms with Crippen LogP contribution in [0.25, 0.3) is 0 Å². The molecule has 0 fully saturated rings. The van der Waals surface area contributed by atoms with E-state index >= 15 is 0 Å². The lowest BCUT2D eigenvalue weighted by Gasteiger charge is -2.18. The Kier molecular flexibility index (Phi) is 3.42. The number of hydrogen-bond donors (Lipinski definition) is 1. The molecule has 1 N–H and O–H groups in total. The monoisotopic (exact) mass is 255 g/mol. The largest absolute Gasteiger partial charge is 0.493 e. The molecule has 0 aliphatic carbocycles. The summed E-state index contributed by atoms with van der Waals surface area (Å²) in [7, 11) is 0. The molecule has 1 aliphatic heterocycles. The number of nitrogens with one attached hydrogen (secondary N) is 1. The van der Waals surface area contributed by atoms with Gasteiger partial charge in [0, 0.05) is 12.6 Å². The van der Waals surface area contributed by atoms with Gasteiger partial charge in [-0.25, -0.2) is 9.97 Å². The van der Waals surface area contributed by atoms with Gasteiger partial charge in [-0.3, -0.25) is 0 Å². The molecule has 1 aromatic heterocycles. The van der Waals surface area contributed by atoms with Crippen LogP contribution >= 0.6 is 0 Å². The summed E-state index contributed by atoms with van der Waals surface area (Å²) in [4.78, 5) is 8.34. The molecule has 0 amide bonds. The van der Waals surface area contributed by atoms with Crippen LogP contribution in [-0.2, 0) is 6.42 Å². The Bertz CT molecular complexity index is 557. The molecule has 19 heavy (non-hydrogen) atoms. The van der Waals surface area contributed by atoms with Crippen molar-refractivity contribution < 1.29 is 4.74 Å². The molecule has 0 spiro atoms. The van der Waals surface area contributed by atoms with Gasteiger partial charge < -0.3 is 10.1 Å². The van der Waals surface area contributed by atoms with Crippen LogP contribution < -0.4 is 10.1 Å². The van der Waals surface area contributed by atoms with Crippen LogP contribution in [0.1, 0.15) is 29.8 Å². The van der Waals surface area contributed by atoms with Crippen LogP contribution in [0.2, 0.25) is 0 Å². The summed E-state index contributed by atoms with van der Waals surface area (Å²) in [6.45, 7) is 3.78. The molecule has 2 heterocycles. The third-order valence-corrected chi connectivity index (χ3v) is 3.36. The Balaban J connectivity index is 1.96. The average Bonchev–Trinajstić information content (AvgIpc) is 2.93. The maximum absolute atomic E-state index is 5.55. The lowest BCUT2D eigenvalue weighted by Crippen LogP contribution is -2.23. The van der Waals surface area contributed by atoms with Gasteiger partial charge in [0.05, 0.1) is 18.3 Å². The normalized spacial score (nSPS) is 14.8. The van der Waals surface area contributed by atoms with Gasteiger partial charge in [-0.2, -0.15) is 0 Å². The highest BCUT2D eigenvalue weighted by atomic mass is 16.5. The predicted molar refractivity (Wildman–Crippen MR) is 73.2 cm³/mol. The van der Waals surface area contributed by atoms with Crippen molar-refractivity contribution in [3.05, 3.63) is 53.6 Å². The second-order valence-electron chi connectivity index (χ2n) is 4.59. The standard InChI is InChI=1S/C15H17N3O/c1-2-17-15(13-5-7-16-10-18-13)12-3-4-14-11(9-12)6-8-19-14/h3-5,7,9-10,15,17H,2,6,8H2,1H3. The minimum Gasteiger partial charge on any atom is -0.493 e. The van der Waals surface area contributed by atoms with Crippen molar-refractivity contribution in [3.63, 3.8) is 0 Å². The van der Waals surface area contributed by atoms with E-state index in [1.54, 1.807) is 12.5 Å². The molecule has 1 aromatic carbocycles. The number of fused-ring (bicyclic) bond motifs is 1. The summed E-state index contributed by atoms with van der Waals surface area (Å²) in [6, 6.07) is 8.45. The first-order chi connectivity index (χ1) is 9.38. The lowest BCUT2D eigenvalue weighted by molar-refractivity contribution is 0.357. The van der Waals surface area contributed by atoms with Crippen LogP contribution in [0.5, 0.6) is 5.75 Å². The maximum Gasteiger partial charge on any atom is 0.122 e. The summed E-state index contributed by atoms with van der Waals surface area (Å²) < 4.78 is 5.55. The zero-order valence-corrected chi connectivity index (χ0v) is 11.0. The van der Waals surface area contributed by atoms with Gasteiger partial charge in [0.2, 0.25) is 0 Å². The number of aromatic nitrogens is 2. The van der Waals surface area contributed by atoms with E-state index in [-0.39, 0.29) is 6.04 Å². The Morgan fingerprint density at radius 3 is 3.11 bits per heavy atom. The molecule has 1 aliphatic rings. The van der Waals surface area contributed by atoms with Crippen molar-refractivity contribution in [1.29, 1.82) is 0 Å². The number of benzene rings is 1. The average molecular weight is 255 g/mol. The fraction of sp³-hybridized carbons (Fsp3) is 0.333. The summed E-state index contributed by atoms with van der Waals surface area (Å²) >= 11 is 0. The molecule has 0 radical (unpaired) electrons. The van der Waals surface area contributed by atoms with E-state index in [9.17, 15) is 0 Å². The summed E-state index contributed by atoms with van der Waals surface area (Å²) in [5, 5.41) is 3.48. The molecule has 2 aromatic rings. The quantitative estimate of drug-likeness (QED) is 0.909. The van der Waals surface area contributed by atoms with E-state index in [2.05, 4.69) is 40.4 Å². The smallest absolute Gasteiger partial charge is 0.122 e. The molecule has 1 unspecified atom stereocenters. The van der Waals surface area contributed by atoms with E-state index in [4.69, 9.17) is 4.74 Å². The highest BCUT2D eigenvalue weighted by Crippen LogP contribution is 2.29. The molecular weight excluding hydrogens is 238 g/mol. The van der Waals surface area contributed by atoms with Crippen molar-refractivity contribution in [3.8, 4) is 5.75 Å². The molecule has 0 saturated carbocycles. The fourth-order valence-corrected chi connectivity index (χ4v) is 2.46. The highest BCUT2D eigenvalue weighted by Gasteiger charge is 2.18. The lowest BCUT2D eigenvalue weighted by atomic mass is 10.00. The first-order valence-corrected chi connectivity index (χ1v) is 6.63. The predicted octanol–water partition coefficient (Wildman–Crippen LogP) is 2.11. The summed E-state index contributed by atoms with van der Waals surface area (Å²) in [5.74, 6) is 1.02. The molecule has 3 rings (SSSR count). The highest BCUT2D eigenvalue weighted by molar-refractivity contribution is 5.42. The Labute approximate surface area is 112 Å². The molecule has 4 nitrogen and oxygen atoms in total. The van der Waals surface area contributed by atoms with Crippen molar-refractivity contribution >= 4 is 0 Å². The van der Waals surface area contributed by atoms with E-state index in [1.165, 1.54) is 11.1 Å². The van der Waals surface area contributed by atoms with Crippen LogP contribution in [-0.4, -0.2) is 23.1 Å². The van der Waals surface area contributed by atoms with Crippen molar-refractivity contribution in [2.24, 2.45) is 0 Å². The van der Waals surface area contributed by atoms with Crippen LogP contribution in [0.15, 0.2) is 36.8 Å². The maximum atomic E-state index is 5.55. The fourth-order valence-electron chi connectivity index (χ4n) is 2.46. The van der Waals surface area contributed by atoms with Gasteiger partial charge >= 0.3 is 0 Å². The SMILES string of the molecule is CCNC(c1ccc2c(c1)CCO2)c1ccncn1. The second-order valence-corrected chi connectivity index (χ2v) is 4.59. The van der Waals surface area contributed by atoms with Crippen LogP contribution in [0.3, 0.4) is 0 Å². The first kappa shape index (κ1) is 12.1.